The normalized spacial score (nSPS) is 9.93. The standard InChI is InChI=1S/C7H5BrN6O/c8-5-2-10-6(3-9-5)12-7(15)4-1-11-14-13-4/h1-3H,(H,10,12,15)(H,11,13,14). The molecule has 2 aromatic rings. The van der Waals surface area contributed by atoms with Crippen LogP contribution in [0.1, 0.15) is 10.5 Å². The Hall–Kier alpha value is -1.83. The molecule has 8 heteroatoms. The van der Waals surface area contributed by atoms with E-state index in [0.29, 0.717) is 10.4 Å². The van der Waals surface area contributed by atoms with E-state index >= 15 is 0 Å². The second kappa shape index (κ2) is 4.13. The minimum atomic E-state index is -0.389. The fourth-order valence-electron chi connectivity index (χ4n) is 0.868. The summed E-state index contributed by atoms with van der Waals surface area (Å²) >= 11 is 3.14. The third-order valence-corrected chi connectivity index (χ3v) is 1.92. The lowest BCUT2D eigenvalue weighted by atomic mass is 10.4. The number of amides is 1. The predicted molar refractivity (Wildman–Crippen MR) is 54.1 cm³/mol. The van der Waals surface area contributed by atoms with Crippen LogP contribution in [-0.2, 0) is 0 Å². The van der Waals surface area contributed by atoms with Crippen LogP contribution >= 0.6 is 15.9 Å². The van der Waals surface area contributed by atoms with Gasteiger partial charge >= 0.3 is 0 Å². The second-order valence-electron chi connectivity index (χ2n) is 2.53. The highest BCUT2D eigenvalue weighted by Gasteiger charge is 2.09. The monoisotopic (exact) mass is 268 g/mol. The molecule has 0 aliphatic rings. The second-order valence-corrected chi connectivity index (χ2v) is 3.35. The van der Waals surface area contributed by atoms with Crippen LogP contribution in [0.2, 0.25) is 0 Å². The molecule has 0 spiro atoms. The van der Waals surface area contributed by atoms with Gasteiger partial charge in [0.1, 0.15) is 4.60 Å². The van der Waals surface area contributed by atoms with Crippen LogP contribution in [0.5, 0.6) is 0 Å². The molecule has 0 aromatic carbocycles. The van der Waals surface area contributed by atoms with Crippen molar-refractivity contribution in [3.63, 3.8) is 0 Å². The van der Waals surface area contributed by atoms with E-state index in [0.717, 1.165) is 0 Å². The van der Waals surface area contributed by atoms with E-state index in [4.69, 9.17) is 0 Å². The molecule has 2 aromatic heterocycles. The number of H-pyrrole nitrogens is 1. The maximum absolute atomic E-state index is 11.4. The van der Waals surface area contributed by atoms with Gasteiger partial charge in [-0.05, 0) is 15.9 Å². The van der Waals surface area contributed by atoms with Crippen molar-refractivity contribution in [1.82, 2.24) is 25.4 Å². The van der Waals surface area contributed by atoms with Gasteiger partial charge in [0.2, 0.25) is 0 Å². The lowest BCUT2D eigenvalue weighted by Gasteiger charge is -2.00. The van der Waals surface area contributed by atoms with Crippen molar-refractivity contribution in [3.05, 3.63) is 28.9 Å². The molecule has 2 rings (SSSR count). The van der Waals surface area contributed by atoms with Crippen molar-refractivity contribution in [1.29, 1.82) is 0 Å². The van der Waals surface area contributed by atoms with E-state index in [1.54, 1.807) is 0 Å². The summed E-state index contributed by atoms with van der Waals surface area (Å²) in [7, 11) is 0. The molecular weight excluding hydrogens is 264 g/mol. The van der Waals surface area contributed by atoms with Crippen molar-refractivity contribution in [3.8, 4) is 0 Å². The van der Waals surface area contributed by atoms with Crippen LogP contribution in [0.25, 0.3) is 0 Å². The van der Waals surface area contributed by atoms with E-state index < -0.39 is 0 Å². The molecule has 0 unspecified atom stereocenters. The van der Waals surface area contributed by atoms with Gasteiger partial charge < -0.3 is 5.32 Å². The van der Waals surface area contributed by atoms with E-state index in [2.05, 4.69) is 46.6 Å². The van der Waals surface area contributed by atoms with E-state index in [-0.39, 0.29) is 11.6 Å². The van der Waals surface area contributed by atoms with E-state index in [1.807, 2.05) is 0 Å². The first-order chi connectivity index (χ1) is 7.25. The molecule has 15 heavy (non-hydrogen) atoms. The van der Waals surface area contributed by atoms with Gasteiger partial charge in [0.15, 0.2) is 11.5 Å². The molecule has 2 N–H and O–H groups in total. The van der Waals surface area contributed by atoms with Gasteiger partial charge in [-0.1, -0.05) is 0 Å². The summed E-state index contributed by atoms with van der Waals surface area (Å²) in [6, 6.07) is 0. The van der Waals surface area contributed by atoms with E-state index in [9.17, 15) is 4.79 Å². The van der Waals surface area contributed by atoms with Crippen LogP contribution < -0.4 is 5.32 Å². The van der Waals surface area contributed by atoms with Crippen molar-refractivity contribution in [2.75, 3.05) is 5.32 Å². The molecule has 7 nitrogen and oxygen atoms in total. The van der Waals surface area contributed by atoms with Crippen molar-refractivity contribution >= 4 is 27.7 Å². The number of carbonyl (C=O) groups is 1. The fraction of sp³-hybridized carbons (Fsp3) is 0. The summed E-state index contributed by atoms with van der Waals surface area (Å²) < 4.78 is 0.599. The highest BCUT2D eigenvalue weighted by Crippen LogP contribution is 2.06. The van der Waals surface area contributed by atoms with Crippen molar-refractivity contribution in [2.45, 2.75) is 0 Å². The van der Waals surface area contributed by atoms with Gasteiger partial charge in [-0.15, -0.1) is 0 Å². The Morgan fingerprint density at radius 3 is 2.80 bits per heavy atom. The quantitative estimate of drug-likeness (QED) is 0.832. The highest BCUT2D eigenvalue weighted by molar-refractivity contribution is 9.10. The molecule has 0 fully saturated rings. The number of hydrogen-bond acceptors (Lipinski definition) is 5. The van der Waals surface area contributed by atoms with Crippen LogP contribution in [0.3, 0.4) is 0 Å². The fourth-order valence-corrected chi connectivity index (χ4v) is 1.07. The molecule has 1 amide bonds. The molecular formula is C7H5BrN6O. The third-order valence-electron chi connectivity index (χ3n) is 1.51. The topological polar surface area (TPSA) is 96.5 Å². The minimum Gasteiger partial charge on any atom is -0.304 e. The predicted octanol–water partition coefficient (Wildman–Crippen LogP) is 0.609. The Morgan fingerprint density at radius 1 is 1.33 bits per heavy atom. The zero-order valence-electron chi connectivity index (χ0n) is 7.31. The summed E-state index contributed by atoms with van der Waals surface area (Å²) in [4.78, 5) is 19.3. The Balaban J connectivity index is 2.09. The van der Waals surface area contributed by atoms with Crippen molar-refractivity contribution < 1.29 is 4.79 Å². The molecule has 0 aliphatic heterocycles. The summed E-state index contributed by atoms with van der Waals surface area (Å²) in [5.41, 5.74) is 0.194. The van der Waals surface area contributed by atoms with Crippen molar-refractivity contribution in [2.24, 2.45) is 0 Å². The molecule has 2 heterocycles. The largest absolute Gasteiger partial charge is 0.304 e. The molecule has 0 atom stereocenters. The number of aromatic amines is 1. The van der Waals surface area contributed by atoms with Gasteiger partial charge in [0.05, 0.1) is 18.6 Å². The van der Waals surface area contributed by atoms with Gasteiger partial charge in [-0.3, -0.25) is 4.79 Å². The number of aromatic nitrogens is 5. The Morgan fingerprint density at radius 2 is 2.20 bits per heavy atom. The lowest BCUT2D eigenvalue weighted by Crippen LogP contribution is -2.13. The Labute approximate surface area is 92.5 Å². The molecule has 0 saturated heterocycles. The number of halogens is 1. The van der Waals surface area contributed by atoms with Gasteiger partial charge in [-0.25, -0.2) is 9.97 Å². The number of carbonyl (C=O) groups excluding carboxylic acids is 1. The average Bonchev–Trinajstić information content (AvgIpc) is 2.74. The first-order valence-electron chi connectivity index (χ1n) is 3.90. The van der Waals surface area contributed by atoms with Gasteiger partial charge in [0, 0.05) is 0 Å². The molecule has 0 bridgehead atoms. The third kappa shape index (κ3) is 2.34. The summed E-state index contributed by atoms with van der Waals surface area (Å²) in [5.74, 6) is -0.0356. The first-order valence-corrected chi connectivity index (χ1v) is 4.69. The molecule has 0 radical (unpaired) electrons. The minimum absolute atomic E-state index is 0.194. The summed E-state index contributed by atoms with van der Waals surface area (Å²) in [6.45, 7) is 0. The summed E-state index contributed by atoms with van der Waals surface area (Å²) in [6.07, 6.45) is 4.24. The highest BCUT2D eigenvalue weighted by atomic mass is 79.9. The summed E-state index contributed by atoms with van der Waals surface area (Å²) in [5, 5.41) is 12.0. The number of hydrogen-bond donors (Lipinski definition) is 2. The number of anilines is 1. The zero-order chi connectivity index (χ0) is 10.7. The molecule has 0 aliphatic carbocycles. The number of rotatable bonds is 2. The Kier molecular flexibility index (Phi) is 2.68. The smallest absolute Gasteiger partial charge is 0.279 e. The SMILES string of the molecule is O=C(Nc1cnc(Br)cn1)c1cn[nH]n1. The zero-order valence-corrected chi connectivity index (χ0v) is 8.89. The first kappa shape index (κ1) is 9.71. The van der Waals surface area contributed by atoms with E-state index in [1.165, 1.54) is 18.6 Å². The lowest BCUT2D eigenvalue weighted by molar-refractivity contribution is 0.102. The maximum Gasteiger partial charge on any atom is 0.279 e. The van der Waals surface area contributed by atoms with Crippen LogP contribution in [0.15, 0.2) is 23.2 Å². The van der Waals surface area contributed by atoms with Gasteiger partial charge in [-0.2, -0.15) is 15.4 Å². The van der Waals surface area contributed by atoms with Crippen LogP contribution in [0.4, 0.5) is 5.82 Å². The number of nitrogens with one attached hydrogen (secondary N) is 2. The Bertz CT molecular complexity index is 453. The average molecular weight is 269 g/mol. The molecule has 0 saturated carbocycles. The van der Waals surface area contributed by atoms with Gasteiger partial charge in [0.25, 0.3) is 5.91 Å². The van der Waals surface area contributed by atoms with Crippen LogP contribution in [0, 0.1) is 0 Å². The number of nitrogens with zero attached hydrogens (tertiary/aromatic N) is 4. The molecule has 76 valence electrons. The van der Waals surface area contributed by atoms with Crippen LogP contribution in [-0.4, -0.2) is 31.3 Å². The maximum atomic E-state index is 11.4.